The lowest BCUT2D eigenvalue weighted by atomic mass is 10.0. The number of aliphatic carboxylic acids is 1. The Morgan fingerprint density at radius 1 is 1.35 bits per heavy atom. The highest BCUT2D eigenvalue weighted by Crippen LogP contribution is 2.17. The molecule has 0 radical (unpaired) electrons. The van der Waals surface area contributed by atoms with E-state index < -0.39 is 5.97 Å². The SMILES string of the molecule is Cc1cccc(CN(CC(=O)O)C(C)(C)C)c1. The van der Waals surface area contributed by atoms with E-state index in [0.717, 1.165) is 5.56 Å². The predicted molar refractivity (Wildman–Crippen MR) is 69.0 cm³/mol. The predicted octanol–water partition coefficient (Wildman–Crippen LogP) is 2.68. The van der Waals surface area contributed by atoms with Crippen molar-refractivity contribution in [1.29, 1.82) is 0 Å². The number of aryl methyl sites for hydroxylation is 1. The minimum Gasteiger partial charge on any atom is -0.480 e. The summed E-state index contributed by atoms with van der Waals surface area (Å²) in [4.78, 5) is 12.8. The van der Waals surface area contributed by atoms with Crippen LogP contribution < -0.4 is 0 Å². The van der Waals surface area contributed by atoms with Crippen LogP contribution in [0, 0.1) is 6.92 Å². The van der Waals surface area contributed by atoms with Gasteiger partial charge in [0.05, 0.1) is 6.54 Å². The standard InChI is InChI=1S/C14H21NO2/c1-11-6-5-7-12(8-11)9-15(10-13(16)17)14(2,3)4/h5-8H,9-10H2,1-4H3,(H,16,17). The van der Waals surface area contributed by atoms with Crippen molar-refractivity contribution >= 4 is 5.97 Å². The molecule has 3 heteroatoms. The van der Waals surface area contributed by atoms with E-state index >= 15 is 0 Å². The summed E-state index contributed by atoms with van der Waals surface area (Å²) in [6.45, 7) is 8.88. The molecule has 94 valence electrons. The Morgan fingerprint density at radius 2 is 2.00 bits per heavy atom. The van der Waals surface area contributed by atoms with Gasteiger partial charge in [-0.2, -0.15) is 0 Å². The summed E-state index contributed by atoms with van der Waals surface area (Å²) in [5, 5.41) is 8.94. The van der Waals surface area contributed by atoms with Crippen LogP contribution in [0.1, 0.15) is 31.9 Å². The first-order valence-corrected chi connectivity index (χ1v) is 5.81. The second-order valence-electron chi connectivity index (χ2n) is 5.41. The van der Waals surface area contributed by atoms with Crippen LogP contribution in [-0.2, 0) is 11.3 Å². The van der Waals surface area contributed by atoms with E-state index in [1.165, 1.54) is 5.56 Å². The average molecular weight is 235 g/mol. The minimum atomic E-state index is -0.785. The molecule has 0 spiro atoms. The van der Waals surface area contributed by atoms with Crippen LogP contribution in [0.4, 0.5) is 0 Å². The largest absolute Gasteiger partial charge is 0.480 e. The molecule has 17 heavy (non-hydrogen) atoms. The molecule has 0 aliphatic heterocycles. The van der Waals surface area contributed by atoms with Crippen LogP contribution in [0.15, 0.2) is 24.3 Å². The van der Waals surface area contributed by atoms with Gasteiger partial charge in [-0.15, -0.1) is 0 Å². The first-order chi connectivity index (χ1) is 7.79. The summed E-state index contributed by atoms with van der Waals surface area (Å²) in [5.41, 5.74) is 2.20. The summed E-state index contributed by atoms with van der Waals surface area (Å²) in [6.07, 6.45) is 0. The first kappa shape index (κ1) is 13.7. The van der Waals surface area contributed by atoms with Crippen LogP contribution in [0.5, 0.6) is 0 Å². The van der Waals surface area contributed by atoms with E-state index in [2.05, 4.69) is 6.07 Å². The molecular weight excluding hydrogens is 214 g/mol. The van der Waals surface area contributed by atoms with Gasteiger partial charge in [0.15, 0.2) is 0 Å². The molecule has 1 aromatic rings. The van der Waals surface area contributed by atoms with E-state index in [9.17, 15) is 4.79 Å². The number of nitrogens with zero attached hydrogens (tertiary/aromatic N) is 1. The quantitative estimate of drug-likeness (QED) is 0.872. The zero-order chi connectivity index (χ0) is 13.1. The van der Waals surface area contributed by atoms with Gasteiger partial charge in [0.2, 0.25) is 0 Å². The highest BCUT2D eigenvalue weighted by Gasteiger charge is 2.23. The van der Waals surface area contributed by atoms with E-state index in [-0.39, 0.29) is 12.1 Å². The molecule has 0 aliphatic rings. The molecular formula is C14H21NO2. The zero-order valence-electron chi connectivity index (χ0n) is 11.0. The van der Waals surface area contributed by atoms with Crippen LogP contribution >= 0.6 is 0 Å². The van der Waals surface area contributed by atoms with Gasteiger partial charge in [0.25, 0.3) is 0 Å². The van der Waals surface area contributed by atoms with Crippen LogP contribution in [0.2, 0.25) is 0 Å². The Hall–Kier alpha value is -1.35. The van der Waals surface area contributed by atoms with Crippen molar-refractivity contribution in [3.63, 3.8) is 0 Å². The summed E-state index contributed by atoms with van der Waals surface area (Å²) in [7, 11) is 0. The Kier molecular flexibility index (Phi) is 4.29. The van der Waals surface area contributed by atoms with E-state index in [1.807, 2.05) is 50.8 Å². The van der Waals surface area contributed by atoms with Gasteiger partial charge in [-0.1, -0.05) is 29.8 Å². The molecule has 0 saturated carbocycles. The lowest BCUT2D eigenvalue weighted by molar-refractivity contribution is -0.139. The second-order valence-corrected chi connectivity index (χ2v) is 5.41. The van der Waals surface area contributed by atoms with Crippen molar-refractivity contribution in [3.8, 4) is 0 Å². The summed E-state index contributed by atoms with van der Waals surface area (Å²) >= 11 is 0. The average Bonchev–Trinajstić information content (AvgIpc) is 2.14. The van der Waals surface area contributed by atoms with Crippen molar-refractivity contribution < 1.29 is 9.90 Å². The molecule has 0 amide bonds. The summed E-state index contributed by atoms with van der Waals surface area (Å²) in [5.74, 6) is -0.785. The Bertz CT molecular complexity index is 393. The summed E-state index contributed by atoms with van der Waals surface area (Å²) in [6, 6.07) is 8.18. The fourth-order valence-electron chi connectivity index (χ4n) is 1.72. The highest BCUT2D eigenvalue weighted by molar-refractivity contribution is 5.69. The molecule has 3 nitrogen and oxygen atoms in total. The van der Waals surface area contributed by atoms with Crippen molar-refractivity contribution in [2.75, 3.05) is 6.54 Å². The molecule has 0 aromatic heterocycles. The molecule has 1 N–H and O–H groups in total. The molecule has 0 atom stereocenters. The van der Waals surface area contributed by atoms with Gasteiger partial charge in [-0.05, 0) is 33.3 Å². The van der Waals surface area contributed by atoms with Crippen molar-refractivity contribution in [1.82, 2.24) is 4.90 Å². The monoisotopic (exact) mass is 235 g/mol. The Labute approximate surface area is 103 Å². The van der Waals surface area contributed by atoms with Crippen molar-refractivity contribution in [2.45, 2.75) is 39.8 Å². The minimum absolute atomic E-state index is 0.0669. The zero-order valence-corrected chi connectivity index (χ0v) is 11.0. The number of rotatable bonds is 4. The molecule has 1 rings (SSSR count). The van der Waals surface area contributed by atoms with Gasteiger partial charge in [0, 0.05) is 12.1 Å². The molecule has 0 heterocycles. The van der Waals surface area contributed by atoms with Gasteiger partial charge in [-0.25, -0.2) is 0 Å². The molecule has 0 fully saturated rings. The van der Waals surface area contributed by atoms with Gasteiger partial charge in [0.1, 0.15) is 0 Å². The number of carboxylic acid groups (broad SMARTS) is 1. The fraction of sp³-hybridized carbons (Fsp3) is 0.500. The summed E-state index contributed by atoms with van der Waals surface area (Å²) < 4.78 is 0. The third kappa shape index (κ3) is 4.57. The van der Waals surface area contributed by atoms with Crippen molar-refractivity contribution in [2.24, 2.45) is 0 Å². The number of benzene rings is 1. The van der Waals surface area contributed by atoms with Crippen LogP contribution in [-0.4, -0.2) is 28.1 Å². The maximum Gasteiger partial charge on any atom is 0.317 e. The Balaban J connectivity index is 2.83. The molecule has 0 unspecified atom stereocenters. The number of hydrogen-bond acceptors (Lipinski definition) is 2. The van der Waals surface area contributed by atoms with E-state index in [4.69, 9.17) is 5.11 Å². The number of carbonyl (C=O) groups is 1. The van der Waals surface area contributed by atoms with Crippen LogP contribution in [0.3, 0.4) is 0 Å². The van der Waals surface area contributed by atoms with Crippen molar-refractivity contribution in [3.05, 3.63) is 35.4 Å². The van der Waals surface area contributed by atoms with Gasteiger partial charge < -0.3 is 5.11 Å². The molecule has 0 aliphatic carbocycles. The molecule has 0 saturated heterocycles. The molecule has 0 bridgehead atoms. The smallest absolute Gasteiger partial charge is 0.317 e. The van der Waals surface area contributed by atoms with Gasteiger partial charge in [-0.3, -0.25) is 9.69 Å². The number of hydrogen-bond donors (Lipinski definition) is 1. The van der Waals surface area contributed by atoms with E-state index in [1.54, 1.807) is 0 Å². The second kappa shape index (κ2) is 5.32. The lowest BCUT2D eigenvalue weighted by Crippen LogP contribution is -2.43. The van der Waals surface area contributed by atoms with Crippen LogP contribution in [0.25, 0.3) is 0 Å². The highest BCUT2D eigenvalue weighted by atomic mass is 16.4. The Morgan fingerprint density at radius 3 is 2.47 bits per heavy atom. The fourth-order valence-corrected chi connectivity index (χ4v) is 1.72. The first-order valence-electron chi connectivity index (χ1n) is 5.81. The van der Waals surface area contributed by atoms with E-state index in [0.29, 0.717) is 6.54 Å². The third-order valence-electron chi connectivity index (χ3n) is 2.73. The number of carboxylic acids is 1. The topological polar surface area (TPSA) is 40.5 Å². The van der Waals surface area contributed by atoms with Gasteiger partial charge >= 0.3 is 5.97 Å². The molecule has 1 aromatic carbocycles. The maximum absolute atomic E-state index is 10.9. The lowest BCUT2D eigenvalue weighted by Gasteiger charge is -2.34. The maximum atomic E-state index is 10.9. The normalized spacial score (nSPS) is 11.8. The third-order valence-corrected chi connectivity index (χ3v) is 2.73.